The van der Waals surface area contributed by atoms with E-state index in [0.29, 0.717) is 62.1 Å². The van der Waals surface area contributed by atoms with E-state index < -0.39 is 0 Å². The Morgan fingerprint density at radius 2 is 1.53 bits per heavy atom. The van der Waals surface area contributed by atoms with Crippen molar-refractivity contribution in [3.05, 3.63) is 53.6 Å². The molecule has 8 nitrogen and oxygen atoms in total. The van der Waals surface area contributed by atoms with Gasteiger partial charge in [0.2, 0.25) is 11.7 Å². The summed E-state index contributed by atoms with van der Waals surface area (Å²) in [6, 6.07) is 13.2. The zero-order valence-corrected chi connectivity index (χ0v) is 20.7. The van der Waals surface area contributed by atoms with E-state index >= 15 is 0 Å². The Kier molecular flexibility index (Phi) is 8.39. The van der Waals surface area contributed by atoms with Crippen molar-refractivity contribution in [3.8, 4) is 17.2 Å². The lowest BCUT2D eigenvalue weighted by Crippen LogP contribution is -2.52. The van der Waals surface area contributed by atoms with Gasteiger partial charge in [0, 0.05) is 37.3 Å². The number of hydrogen-bond donors (Lipinski definition) is 1. The van der Waals surface area contributed by atoms with Crippen LogP contribution in [-0.4, -0.2) is 74.1 Å². The lowest BCUT2D eigenvalue weighted by molar-refractivity contribution is -0.124. The Hall–Kier alpha value is -3.26. The number of benzene rings is 2. The fourth-order valence-corrected chi connectivity index (χ4v) is 3.83. The van der Waals surface area contributed by atoms with Crippen LogP contribution in [0.5, 0.6) is 17.2 Å². The maximum atomic E-state index is 13.2. The summed E-state index contributed by atoms with van der Waals surface area (Å²) in [5.41, 5.74) is 1.23. The van der Waals surface area contributed by atoms with E-state index in [1.54, 1.807) is 31.3 Å². The van der Waals surface area contributed by atoms with Gasteiger partial charge in [0.1, 0.15) is 6.61 Å². The molecule has 0 unspecified atom stereocenters. The van der Waals surface area contributed by atoms with Gasteiger partial charge in [-0.25, -0.2) is 0 Å². The minimum absolute atomic E-state index is 0.00663. The van der Waals surface area contributed by atoms with Crippen LogP contribution < -0.4 is 19.5 Å². The molecule has 0 saturated carbocycles. The van der Waals surface area contributed by atoms with E-state index in [1.165, 1.54) is 0 Å². The minimum atomic E-state index is -0.260. The lowest BCUT2D eigenvalue weighted by atomic mass is 10.1. The van der Waals surface area contributed by atoms with Crippen LogP contribution in [0.2, 0.25) is 0 Å². The highest BCUT2D eigenvalue weighted by atomic mass is 16.5. The summed E-state index contributed by atoms with van der Waals surface area (Å²) < 4.78 is 17.0. The van der Waals surface area contributed by atoms with Crippen molar-refractivity contribution in [1.82, 2.24) is 15.1 Å². The summed E-state index contributed by atoms with van der Waals surface area (Å²) in [6.45, 7) is 8.91. The third-order valence-corrected chi connectivity index (χ3v) is 5.47. The van der Waals surface area contributed by atoms with Gasteiger partial charge in [-0.2, -0.15) is 0 Å². The zero-order valence-electron chi connectivity index (χ0n) is 20.7. The van der Waals surface area contributed by atoms with Crippen molar-refractivity contribution in [3.63, 3.8) is 0 Å². The summed E-state index contributed by atoms with van der Waals surface area (Å²) in [5, 5.41) is 2.98. The first-order valence-corrected chi connectivity index (χ1v) is 11.5. The quantitative estimate of drug-likeness (QED) is 0.640. The fraction of sp³-hybridized carbons (Fsp3) is 0.462. The van der Waals surface area contributed by atoms with E-state index in [1.807, 2.05) is 51.1 Å². The van der Waals surface area contributed by atoms with Gasteiger partial charge in [-0.05, 0) is 38.5 Å². The summed E-state index contributed by atoms with van der Waals surface area (Å²) in [4.78, 5) is 29.3. The highest BCUT2D eigenvalue weighted by Gasteiger charge is 2.26. The van der Waals surface area contributed by atoms with Crippen molar-refractivity contribution in [2.45, 2.75) is 32.9 Å². The second-order valence-electron chi connectivity index (χ2n) is 9.35. The second-order valence-corrected chi connectivity index (χ2v) is 9.35. The molecule has 0 aliphatic carbocycles. The Morgan fingerprint density at radius 3 is 2.06 bits per heavy atom. The molecule has 1 heterocycles. The van der Waals surface area contributed by atoms with Crippen molar-refractivity contribution in [1.29, 1.82) is 0 Å². The molecule has 0 spiro atoms. The van der Waals surface area contributed by atoms with Crippen molar-refractivity contribution in [2.24, 2.45) is 0 Å². The molecule has 2 aromatic carbocycles. The summed E-state index contributed by atoms with van der Waals surface area (Å²) >= 11 is 0. The van der Waals surface area contributed by atoms with Gasteiger partial charge in [0.15, 0.2) is 11.5 Å². The maximum Gasteiger partial charge on any atom is 0.254 e. The average molecular weight is 470 g/mol. The molecule has 34 heavy (non-hydrogen) atoms. The second kappa shape index (κ2) is 11.2. The number of nitrogens with one attached hydrogen (secondary N) is 1. The Bertz CT molecular complexity index is 955. The monoisotopic (exact) mass is 469 g/mol. The number of rotatable bonds is 8. The van der Waals surface area contributed by atoms with Gasteiger partial charge in [-0.3, -0.25) is 14.5 Å². The molecule has 1 saturated heterocycles. The Labute approximate surface area is 201 Å². The number of carbonyl (C=O) groups excluding carboxylic acids is 2. The lowest BCUT2D eigenvalue weighted by Gasteiger charge is -2.35. The fourth-order valence-electron chi connectivity index (χ4n) is 3.83. The van der Waals surface area contributed by atoms with E-state index in [0.717, 1.165) is 5.56 Å². The van der Waals surface area contributed by atoms with Crippen molar-refractivity contribution in [2.75, 3.05) is 46.9 Å². The number of ether oxygens (including phenoxy) is 3. The number of nitrogens with zero attached hydrogens (tertiary/aromatic N) is 2. The van der Waals surface area contributed by atoms with Crippen molar-refractivity contribution < 1.29 is 23.8 Å². The molecule has 2 aromatic rings. The SMILES string of the molecule is COc1cc(C(=O)N2CCN(CC(=O)NC(C)(C)C)CC2)cc(OC)c1OCc1ccccc1. The van der Waals surface area contributed by atoms with Crippen molar-refractivity contribution >= 4 is 11.8 Å². The van der Waals surface area contributed by atoms with Crippen LogP contribution in [0.1, 0.15) is 36.7 Å². The molecule has 1 aliphatic heterocycles. The molecule has 3 rings (SSSR count). The number of carbonyl (C=O) groups is 2. The van der Waals surface area contributed by atoms with Gasteiger partial charge in [-0.15, -0.1) is 0 Å². The third-order valence-electron chi connectivity index (χ3n) is 5.47. The van der Waals surface area contributed by atoms with Crippen LogP contribution >= 0.6 is 0 Å². The largest absolute Gasteiger partial charge is 0.493 e. The number of hydrogen-bond acceptors (Lipinski definition) is 6. The van der Waals surface area contributed by atoms with Gasteiger partial charge < -0.3 is 24.4 Å². The smallest absolute Gasteiger partial charge is 0.254 e. The molecule has 0 aromatic heterocycles. The molecule has 1 N–H and O–H groups in total. The van der Waals surface area contributed by atoms with Gasteiger partial charge in [0.25, 0.3) is 5.91 Å². The van der Waals surface area contributed by atoms with Gasteiger partial charge in [0.05, 0.1) is 20.8 Å². The standard InChI is InChI=1S/C26H35N3O5/c1-26(2,3)27-23(30)17-28-11-13-29(14-12-28)25(31)20-15-21(32-4)24(22(16-20)33-5)34-18-19-9-7-6-8-10-19/h6-10,15-16H,11-14,17-18H2,1-5H3,(H,27,30). The minimum Gasteiger partial charge on any atom is -0.493 e. The molecule has 0 bridgehead atoms. The first-order chi connectivity index (χ1) is 16.2. The molecule has 8 heteroatoms. The first kappa shape index (κ1) is 25.4. The number of amides is 2. The van der Waals surface area contributed by atoms with Gasteiger partial charge in [-0.1, -0.05) is 30.3 Å². The topological polar surface area (TPSA) is 80.3 Å². The summed E-state index contributed by atoms with van der Waals surface area (Å²) in [6.07, 6.45) is 0. The highest BCUT2D eigenvalue weighted by Crippen LogP contribution is 2.39. The number of piperazine rings is 1. The molecule has 1 aliphatic rings. The van der Waals surface area contributed by atoms with E-state index in [2.05, 4.69) is 10.2 Å². The van der Waals surface area contributed by atoms with Crippen LogP contribution in [0.15, 0.2) is 42.5 Å². The first-order valence-electron chi connectivity index (χ1n) is 11.5. The molecular weight excluding hydrogens is 434 g/mol. The van der Waals surface area contributed by atoms with Gasteiger partial charge >= 0.3 is 0 Å². The number of methoxy groups -OCH3 is 2. The predicted molar refractivity (Wildman–Crippen MR) is 131 cm³/mol. The molecule has 2 amide bonds. The Balaban J connectivity index is 1.65. The van der Waals surface area contributed by atoms with E-state index in [9.17, 15) is 9.59 Å². The van der Waals surface area contributed by atoms with Crippen LogP contribution in [0.3, 0.4) is 0 Å². The molecule has 0 radical (unpaired) electrons. The highest BCUT2D eigenvalue weighted by molar-refractivity contribution is 5.95. The van der Waals surface area contributed by atoms with Crippen LogP contribution in [0.4, 0.5) is 0 Å². The Morgan fingerprint density at radius 1 is 0.941 bits per heavy atom. The molecule has 184 valence electrons. The molecular formula is C26H35N3O5. The molecule has 0 atom stereocenters. The predicted octanol–water partition coefficient (Wildman–Crippen LogP) is 2.96. The molecule has 1 fully saturated rings. The summed E-state index contributed by atoms with van der Waals surface area (Å²) in [7, 11) is 3.08. The van der Waals surface area contributed by atoms with E-state index in [4.69, 9.17) is 14.2 Å². The summed E-state index contributed by atoms with van der Waals surface area (Å²) in [5.74, 6) is 1.23. The third kappa shape index (κ3) is 6.87. The maximum absolute atomic E-state index is 13.2. The van der Waals surface area contributed by atoms with Crippen LogP contribution in [0.25, 0.3) is 0 Å². The average Bonchev–Trinajstić information content (AvgIpc) is 2.81. The van der Waals surface area contributed by atoms with E-state index in [-0.39, 0.29) is 17.4 Å². The van der Waals surface area contributed by atoms with Crippen LogP contribution in [0, 0.1) is 0 Å². The van der Waals surface area contributed by atoms with Crippen LogP contribution in [-0.2, 0) is 11.4 Å². The normalized spacial score (nSPS) is 14.4. The zero-order chi connectivity index (χ0) is 24.7.